The summed E-state index contributed by atoms with van der Waals surface area (Å²) in [7, 11) is 0. The van der Waals surface area contributed by atoms with Crippen molar-refractivity contribution in [2.45, 2.75) is 45.6 Å². The topological polar surface area (TPSA) is 58.6 Å². The molecule has 30 heavy (non-hydrogen) atoms. The summed E-state index contributed by atoms with van der Waals surface area (Å²) in [6.45, 7) is 5.44. The van der Waals surface area contributed by atoms with Crippen molar-refractivity contribution in [1.29, 1.82) is 0 Å². The molecule has 1 atom stereocenters. The number of amides is 2. The zero-order chi connectivity index (χ0) is 21.1. The number of nitrogens with zero attached hydrogens (tertiary/aromatic N) is 1. The van der Waals surface area contributed by atoms with Crippen molar-refractivity contribution in [1.82, 2.24) is 10.2 Å². The number of hydrogen-bond donors (Lipinski definition) is 1. The predicted octanol–water partition coefficient (Wildman–Crippen LogP) is 3.78. The van der Waals surface area contributed by atoms with Gasteiger partial charge in [-0.1, -0.05) is 42.8 Å². The highest BCUT2D eigenvalue weighted by Gasteiger charge is 2.31. The molecule has 1 fully saturated rings. The highest BCUT2D eigenvalue weighted by molar-refractivity contribution is 5.78. The monoisotopic (exact) mass is 406 g/mol. The smallest absolute Gasteiger partial charge is 0.257 e. The third kappa shape index (κ3) is 4.66. The van der Waals surface area contributed by atoms with E-state index < -0.39 is 0 Å². The molecular formula is C25H30N2O3. The van der Waals surface area contributed by atoms with E-state index in [4.69, 9.17) is 4.74 Å². The number of rotatable bonds is 7. The molecule has 1 aliphatic heterocycles. The average molecular weight is 407 g/mol. The fourth-order valence-electron chi connectivity index (χ4n) is 4.13. The Morgan fingerprint density at radius 3 is 2.73 bits per heavy atom. The summed E-state index contributed by atoms with van der Waals surface area (Å²) >= 11 is 0. The van der Waals surface area contributed by atoms with E-state index in [1.54, 1.807) is 0 Å². The van der Waals surface area contributed by atoms with Crippen molar-refractivity contribution in [3.63, 3.8) is 0 Å². The minimum atomic E-state index is -0.131. The number of hydrogen-bond acceptors (Lipinski definition) is 3. The summed E-state index contributed by atoms with van der Waals surface area (Å²) in [5.41, 5.74) is 4.59. The van der Waals surface area contributed by atoms with E-state index in [9.17, 15) is 9.59 Å². The van der Waals surface area contributed by atoms with Crippen LogP contribution in [0.2, 0.25) is 0 Å². The van der Waals surface area contributed by atoms with Crippen LogP contribution < -0.4 is 10.1 Å². The molecule has 5 nitrogen and oxygen atoms in total. The summed E-state index contributed by atoms with van der Waals surface area (Å²) in [6, 6.07) is 14.2. The number of carbonyl (C=O) groups excluding carboxylic acids is 2. The second kappa shape index (κ2) is 8.90. The third-order valence-electron chi connectivity index (χ3n) is 5.98. The largest absolute Gasteiger partial charge is 0.484 e. The average Bonchev–Trinajstić information content (AvgIpc) is 3.59. The van der Waals surface area contributed by atoms with Crippen LogP contribution in [0.25, 0.3) is 0 Å². The van der Waals surface area contributed by atoms with Gasteiger partial charge in [0.15, 0.2) is 6.61 Å². The molecule has 2 aliphatic rings. The third-order valence-corrected chi connectivity index (χ3v) is 5.98. The van der Waals surface area contributed by atoms with Crippen LogP contribution in [0.15, 0.2) is 42.5 Å². The van der Waals surface area contributed by atoms with E-state index in [0.717, 1.165) is 24.1 Å². The van der Waals surface area contributed by atoms with Crippen LogP contribution in [0.1, 0.15) is 54.5 Å². The predicted molar refractivity (Wildman–Crippen MR) is 116 cm³/mol. The summed E-state index contributed by atoms with van der Waals surface area (Å²) in [4.78, 5) is 26.7. The maximum absolute atomic E-state index is 12.7. The lowest BCUT2D eigenvalue weighted by molar-refractivity contribution is -0.133. The van der Waals surface area contributed by atoms with Gasteiger partial charge in [0.2, 0.25) is 5.91 Å². The van der Waals surface area contributed by atoms with Crippen molar-refractivity contribution in [2.75, 3.05) is 19.7 Å². The highest BCUT2D eigenvalue weighted by Crippen LogP contribution is 2.37. The molecule has 2 amide bonds. The summed E-state index contributed by atoms with van der Waals surface area (Å²) < 4.78 is 5.80. The van der Waals surface area contributed by atoms with E-state index in [2.05, 4.69) is 36.5 Å². The molecule has 0 spiro atoms. The van der Waals surface area contributed by atoms with Crippen LogP contribution in [0, 0.1) is 12.8 Å². The van der Waals surface area contributed by atoms with Crippen molar-refractivity contribution < 1.29 is 14.3 Å². The molecule has 0 saturated heterocycles. The van der Waals surface area contributed by atoms with Gasteiger partial charge in [0.05, 0.1) is 6.04 Å². The first-order valence-corrected chi connectivity index (χ1v) is 10.9. The van der Waals surface area contributed by atoms with Crippen LogP contribution in [-0.2, 0) is 16.0 Å². The lowest BCUT2D eigenvalue weighted by Crippen LogP contribution is -2.40. The molecule has 4 rings (SSSR count). The van der Waals surface area contributed by atoms with Gasteiger partial charge in [-0.3, -0.25) is 9.59 Å². The number of aryl methyl sites for hydroxylation is 1. The molecule has 1 unspecified atom stereocenters. The minimum absolute atomic E-state index is 0.0121. The molecule has 1 heterocycles. The quantitative estimate of drug-likeness (QED) is 0.761. The number of fused-ring (bicyclic) bond motifs is 1. The SMILES string of the molecule is CCC(=O)N1CCc2ccc(OCC(=O)NCC3CC3)cc2C1c1cccc(C)c1. The van der Waals surface area contributed by atoms with Gasteiger partial charge >= 0.3 is 0 Å². The van der Waals surface area contributed by atoms with Crippen molar-refractivity contribution in [2.24, 2.45) is 5.92 Å². The lowest BCUT2D eigenvalue weighted by atomic mass is 9.87. The maximum Gasteiger partial charge on any atom is 0.257 e. The van der Waals surface area contributed by atoms with Gasteiger partial charge in [-0.2, -0.15) is 0 Å². The second-order valence-corrected chi connectivity index (χ2v) is 8.40. The van der Waals surface area contributed by atoms with Crippen LogP contribution in [0.5, 0.6) is 5.75 Å². The molecule has 1 saturated carbocycles. The molecular weight excluding hydrogens is 376 g/mol. The van der Waals surface area contributed by atoms with Crippen LogP contribution >= 0.6 is 0 Å². The maximum atomic E-state index is 12.7. The van der Waals surface area contributed by atoms with Crippen molar-refractivity contribution >= 4 is 11.8 Å². The van der Waals surface area contributed by atoms with Gasteiger partial charge in [-0.25, -0.2) is 0 Å². The van der Waals surface area contributed by atoms with Gasteiger partial charge in [0.1, 0.15) is 5.75 Å². The summed E-state index contributed by atoms with van der Waals surface area (Å²) in [6.07, 6.45) is 3.72. The normalized spacial score (nSPS) is 17.9. The number of benzene rings is 2. The Kier molecular flexibility index (Phi) is 6.07. The zero-order valence-electron chi connectivity index (χ0n) is 17.8. The fourth-order valence-corrected chi connectivity index (χ4v) is 4.13. The van der Waals surface area contributed by atoms with Crippen LogP contribution in [0.3, 0.4) is 0 Å². The minimum Gasteiger partial charge on any atom is -0.484 e. The molecule has 5 heteroatoms. The molecule has 2 aromatic rings. The van der Waals surface area contributed by atoms with Gasteiger partial charge in [-0.15, -0.1) is 0 Å². The zero-order valence-corrected chi connectivity index (χ0v) is 17.8. The molecule has 0 aromatic heterocycles. The Morgan fingerprint density at radius 2 is 2.00 bits per heavy atom. The Balaban J connectivity index is 1.57. The fraction of sp³-hybridized carbons (Fsp3) is 0.440. The first-order chi connectivity index (χ1) is 14.5. The highest BCUT2D eigenvalue weighted by atomic mass is 16.5. The summed E-state index contributed by atoms with van der Waals surface area (Å²) in [5, 5.41) is 2.93. The molecule has 2 aromatic carbocycles. The lowest BCUT2D eigenvalue weighted by Gasteiger charge is -2.38. The molecule has 0 bridgehead atoms. The van der Waals surface area contributed by atoms with Gasteiger partial charge in [-0.05, 0) is 60.9 Å². The Labute approximate surface area is 178 Å². The first-order valence-electron chi connectivity index (χ1n) is 10.9. The molecule has 0 radical (unpaired) electrons. The van der Waals surface area contributed by atoms with E-state index >= 15 is 0 Å². The van der Waals surface area contributed by atoms with Gasteiger partial charge in [0.25, 0.3) is 5.91 Å². The molecule has 1 N–H and O–H groups in total. The Morgan fingerprint density at radius 1 is 1.17 bits per heavy atom. The first kappa shape index (κ1) is 20.5. The standard InChI is InChI=1S/C25H30N2O3/c1-3-24(29)27-12-11-19-9-10-21(30-16-23(28)26-15-18-7-8-18)14-22(19)25(27)20-6-4-5-17(2)13-20/h4-6,9-10,13-14,18,25H,3,7-8,11-12,15-16H2,1-2H3,(H,26,28). The van der Waals surface area contributed by atoms with E-state index in [-0.39, 0.29) is 24.5 Å². The van der Waals surface area contributed by atoms with Crippen LogP contribution in [0.4, 0.5) is 0 Å². The van der Waals surface area contributed by atoms with E-state index in [1.165, 1.54) is 24.0 Å². The van der Waals surface area contributed by atoms with E-state index in [1.807, 2.05) is 30.0 Å². The van der Waals surface area contributed by atoms with Crippen molar-refractivity contribution in [3.8, 4) is 5.75 Å². The second-order valence-electron chi connectivity index (χ2n) is 8.40. The molecule has 1 aliphatic carbocycles. The van der Waals surface area contributed by atoms with Crippen LogP contribution in [-0.4, -0.2) is 36.4 Å². The van der Waals surface area contributed by atoms with Gasteiger partial charge < -0.3 is 15.0 Å². The van der Waals surface area contributed by atoms with E-state index in [0.29, 0.717) is 24.6 Å². The summed E-state index contributed by atoms with van der Waals surface area (Å²) in [5.74, 6) is 1.38. The Bertz CT molecular complexity index is 936. The molecule has 158 valence electrons. The number of carbonyl (C=O) groups is 2. The Hall–Kier alpha value is -2.82. The number of ether oxygens (including phenoxy) is 1. The van der Waals surface area contributed by atoms with Gasteiger partial charge in [0, 0.05) is 19.5 Å². The number of nitrogens with one attached hydrogen (secondary N) is 1. The van der Waals surface area contributed by atoms with Crippen molar-refractivity contribution in [3.05, 3.63) is 64.7 Å².